The van der Waals surface area contributed by atoms with Crippen molar-refractivity contribution in [1.82, 2.24) is 5.32 Å². The molecule has 0 aliphatic heterocycles. The monoisotopic (exact) mass is 291 g/mol. The molecular formula is C16H21NO4. The van der Waals surface area contributed by atoms with Gasteiger partial charge >= 0.3 is 5.97 Å². The lowest BCUT2D eigenvalue weighted by atomic mass is 9.94. The van der Waals surface area contributed by atoms with Gasteiger partial charge in [0.1, 0.15) is 5.75 Å². The number of nitrogens with one attached hydrogen (secondary N) is 1. The summed E-state index contributed by atoms with van der Waals surface area (Å²) in [6.07, 6.45) is 3.02. The maximum Gasteiger partial charge on any atom is 0.310 e. The van der Waals surface area contributed by atoms with E-state index in [1.165, 1.54) is 6.08 Å². The van der Waals surface area contributed by atoms with E-state index in [1.54, 1.807) is 27.0 Å². The summed E-state index contributed by atoms with van der Waals surface area (Å²) in [6, 6.07) is 5.66. The summed E-state index contributed by atoms with van der Waals surface area (Å²) in [5, 5.41) is 11.6. The van der Waals surface area contributed by atoms with Crippen molar-refractivity contribution >= 4 is 18.0 Å². The minimum atomic E-state index is -0.996. The Balaban J connectivity index is 2.71. The molecule has 21 heavy (non-hydrogen) atoms. The SMILES string of the molecule is COc1ccc(C)cc1/C=C/C(=O)NCC(C)(C)C(=O)O. The van der Waals surface area contributed by atoms with Crippen LogP contribution in [0.1, 0.15) is 25.0 Å². The van der Waals surface area contributed by atoms with Crippen molar-refractivity contribution < 1.29 is 19.4 Å². The predicted molar refractivity (Wildman–Crippen MR) is 81.2 cm³/mol. The van der Waals surface area contributed by atoms with E-state index in [0.29, 0.717) is 5.75 Å². The summed E-state index contributed by atoms with van der Waals surface area (Å²) in [7, 11) is 1.57. The van der Waals surface area contributed by atoms with Crippen LogP contribution >= 0.6 is 0 Å². The van der Waals surface area contributed by atoms with Crippen molar-refractivity contribution in [1.29, 1.82) is 0 Å². The number of hydrogen-bond acceptors (Lipinski definition) is 3. The molecule has 0 aliphatic carbocycles. The molecule has 2 N–H and O–H groups in total. The summed E-state index contributed by atoms with van der Waals surface area (Å²) in [4.78, 5) is 22.7. The van der Waals surface area contributed by atoms with Gasteiger partial charge in [0.2, 0.25) is 5.91 Å². The van der Waals surface area contributed by atoms with Gasteiger partial charge in [-0.1, -0.05) is 11.6 Å². The van der Waals surface area contributed by atoms with Gasteiger partial charge in [-0.05, 0) is 39.0 Å². The van der Waals surface area contributed by atoms with Crippen molar-refractivity contribution in [3.05, 3.63) is 35.4 Å². The van der Waals surface area contributed by atoms with Gasteiger partial charge in [0.05, 0.1) is 12.5 Å². The number of aryl methyl sites for hydroxylation is 1. The Morgan fingerprint density at radius 1 is 1.38 bits per heavy atom. The average molecular weight is 291 g/mol. The van der Waals surface area contributed by atoms with Crippen LogP contribution in [0.4, 0.5) is 0 Å². The van der Waals surface area contributed by atoms with E-state index in [9.17, 15) is 9.59 Å². The first-order chi connectivity index (χ1) is 9.76. The highest BCUT2D eigenvalue weighted by Crippen LogP contribution is 2.21. The van der Waals surface area contributed by atoms with E-state index in [0.717, 1.165) is 11.1 Å². The molecule has 0 aromatic heterocycles. The molecule has 0 saturated carbocycles. The van der Waals surface area contributed by atoms with Crippen molar-refractivity contribution in [3.63, 3.8) is 0 Å². The molecular weight excluding hydrogens is 270 g/mol. The summed E-state index contributed by atoms with van der Waals surface area (Å²) in [5.74, 6) is -0.615. The van der Waals surface area contributed by atoms with Gasteiger partial charge in [-0.15, -0.1) is 0 Å². The van der Waals surface area contributed by atoms with Crippen LogP contribution in [0.15, 0.2) is 24.3 Å². The lowest BCUT2D eigenvalue weighted by molar-refractivity contribution is -0.146. The lowest BCUT2D eigenvalue weighted by Crippen LogP contribution is -2.38. The van der Waals surface area contributed by atoms with Gasteiger partial charge in [-0.2, -0.15) is 0 Å². The van der Waals surface area contributed by atoms with Crippen molar-refractivity contribution in [3.8, 4) is 5.75 Å². The van der Waals surface area contributed by atoms with Crippen LogP contribution in [-0.2, 0) is 9.59 Å². The Bertz CT molecular complexity index is 561. The van der Waals surface area contributed by atoms with Crippen LogP contribution in [0.2, 0.25) is 0 Å². The highest BCUT2D eigenvalue weighted by molar-refractivity contribution is 5.92. The molecule has 0 unspecified atom stereocenters. The van der Waals surface area contributed by atoms with E-state index < -0.39 is 11.4 Å². The van der Waals surface area contributed by atoms with Crippen LogP contribution in [0.25, 0.3) is 6.08 Å². The third-order valence-corrected chi connectivity index (χ3v) is 3.08. The van der Waals surface area contributed by atoms with Gasteiger partial charge in [-0.25, -0.2) is 0 Å². The first-order valence-electron chi connectivity index (χ1n) is 6.60. The molecule has 5 nitrogen and oxygen atoms in total. The number of aliphatic carboxylic acids is 1. The second kappa shape index (κ2) is 6.92. The molecule has 1 aromatic rings. The van der Waals surface area contributed by atoms with E-state index in [-0.39, 0.29) is 12.5 Å². The van der Waals surface area contributed by atoms with Gasteiger partial charge in [0, 0.05) is 18.2 Å². The molecule has 0 spiro atoms. The zero-order valence-corrected chi connectivity index (χ0v) is 12.8. The van der Waals surface area contributed by atoms with Gasteiger partial charge in [0.15, 0.2) is 0 Å². The Kier molecular flexibility index (Phi) is 5.52. The number of hydrogen-bond donors (Lipinski definition) is 2. The zero-order chi connectivity index (χ0) is 16.0. The van der Waals surface area contributed by atoms with Gasteiger partial charge in [0.25, 0.3) is 0 Å². The molecule has 0 aliphatic rings. The van der Waals surface area contributed by atoms with Crippen LogP contribution < -0.4 is 10.1 Å². The molecule has 114 valence electrons. The number of methoxy groups -OCH3 is 1. The molecule has 1 aromatic carbocycles. The van der Waals surface area contributed by atoms with E-state index in [4.69, 9.17) is 9.84 Å². The third kappa shape index (κ3) is 4.95. The summed E-state index contributed by atoms with van der Waals surface area (Å²) < 4.78 is 5.22. The van der Waals surface area contributed by atoms with E-state index in [2.05, 4.69) is 5.32 Å². The number of amides is 1. The van der Waals surface area contributed by atoms with Crippen LogP contribution in [0, 0.1) is 12.3 Å². The normalized spacial score (nSPS) is 11.4. The number of ether oxygens (including phenoxy) is 1. The predicted octanol–water partition coefficient (Wildman–Crippen LogP) is 2.24. The number of carboxylic acid groups (broad SMARTS) is 1. The Morgan fingerprint density at radius 2 is 2.05 bits per heavy atom. The second-order valence-corrected chi connectivity index (χ2v) is 5.49. The summed E-state index contributed by atoms with van der Waals surface area (Å²) >= 11 is 0. The Hall–Kier alpha value is -2.30. The van der Waals surface area contributed by atoms with Crippen molar-refractivity contribution in [2.75, 3.05) is 13.7 Å². The lowest BCUT2D eigenvalue weighted by Gasteiger charge is -2.18. The largest absolute Gasteiger partial charge is 0.496 e. The minimum Gasteiger partial charge on any atom is -0.496 e. The van der Waals surface area contributed by atoms with Crippen molar-refractivity contribution in [2.24, 2.45) is 5.41 Å². The highest BCUT2D eigenvalue weighted by atomic mass is 16.5. The van der Waals surface area contributed by atoms with Gasteiger partial charge < -0.3 is 15.2 Å². The number of carbonyl (C=O) groups is 2. The van der Waals surface area contributed by atoms with Crippen LogP contribution in [0.5, 0.6) is 5.75 Å². The maximum atomic E-state index is 11.7. The molecule has 1 amide bonds. The van der Waals surface area contributed by atoms with Gasteiger partial charge in [-0.3, -0.25) is 9.59 Å². The van der Waals surface area contributed by atoms with Crippen molar-refractivity contribution in [2.45, 2.75) is 20.8 Å². The molecule has 5 heteroatoms. The fourth-order valence-corrected chi connectivity index (χ4v) is 1.59. The fraction of sp³-hybridized carbons (Fsp3) is 0.375. The number of rotatable bonds is 6. The fourth-order valence-electron chi connectivity index (χ4n) is 1.59. The molecule has 0 saturated heterocycles. The highest BCUT2D eigenvalue weighted by Gasteiger charge is 2.27. The quantitative estimate of drug-likeness (QED) is 0.788. The third-order valence-electron chi connectivity index (χ3n) is 3.08. The van der Waals surface area contributed by atoms with E-state index in [1.807, 2.05) is 25.1 Å². The second-order valence-electron chi connectivity index (χ2n) is 5.49. The van der Waals surface area contributed by atoms with E-state index >= 15 is 0 Å². The average Bonchev–Trinajstić information content (AvgIpc) is 2.43. The molecule has 0 fully saturated rings. The molecule has 0 radical (unpaired) electrons. The van der Waals surface area contributed by atoms with Crippen LogP contribution in [-0.4, -0.2) is 30.6 Å². The molecule has 1 rings (SSSR count). The zero-order valence-electron chi connectivity index (χ0n) is 12.8. The summed E-state index contributed by atoms with van der Waals surface area (Å²) in [6.45, 7) is 5.13. The van der Waals surface area contributed by atoms with Crippen LogP contribution in [0.3, 0.4) is 0 Å². The molecule has 0 atom stereocenters. The standard InChI is InChI=1S/C16H21NO4/c1-11-5-7-13(21-4)12(9-11)6-8-14(18)17-10-16(2,3)15(19)20/h5-9H,10H2,1-4H3,(H,17,18)(H,19,20)/b8-6+. The molecule has 0 heterocycles. The smallest absolute Gasteiger partial charge is 0.310 e. The topological polar surface area (TPSA) is 75.6 Å². The number of carboxylic acids is 1. The maximum absolute atomic E-state index is 11.7. The Morgan fingerprint density at radius 3 is 2.62 bits per heavy atom. The number of benzene rings is 1. The summed E-state index contributed by atoms with van der Waals surface area (Å²) in [5.41, 5.74) is 0.859. The first-order valence-corrected chi connectivity index (χ1v) is 6.60. The molecule has 0 bridgehead atoms. The first kappa shape index (κ1) is 16.8. The minimum absolute atomic E-state index is 0.0659. The number of carbonyl (C=O) groups excluding carboxylic acids is 1. The Labute approximate surface area is 124 Å².